The Morgan fingerprint density at radius 1 is 1.25 bits per heavy atom. The van der Waals surface area contributed by atoms with Gasteiger partial charge < -0.3 is 4.70 Å². The molecule has 19 valence electrons. The van der Waals surface area contributed by atoms with Gasteiger partial charge in [0.1, 0.15) is 0 Å². The third-order valence-corrected chi connectivity index (χ3v) is 0. The summed E-state index contributed by atoms with van der Waals surface area (Å²) in [6.07, 6.45) is 0. The van der Waals surface area contributed by atoms with Crippen LogP contribution in [-0.2, 0) is 25.3 Å². The molecule has 0 nitrogen and oxygen atoms in total. The van der Waals surface area contributed by atoms with Crippen LogP contribution in [-0.4, -0.2) is 0 Å². The molecule has 4 heavy (non-hydrogen) atoms. The summed E-state index contributed by atoms with van der Waals surface area (Å²) < 4.78 is 9.59. The zero-order valence-corrected chi connectivity index (χ0v) is 6.71. The minimum Gasteiger partial charge on any atom is 1.00 e. The number of hydrogen-bond acceptors (Lipinski definition) is 0. The zero-order chi connectivity index (χ0) is 2.00. The predicted octanol–water partition coefficient (Wildman–Crippen LogP) is -5.57. The van der Waals surface area contributed by atoms with Crippen molar-refractivity contribution in [3.05, 3.63) is 0 Å². The first-order valence-electron chi connectivity index (χ1n) is 0.189. The number of rotatable bonds is 0. The van der Waals surface area contributed by atoms with Gasteiger partial charge in [-0.05, 0) is 0 Å². The Hall–Kier alpha value is 1.74. The van der Waals surface area contributed by atoms with Crippen molar-refractivity contribution in [3.63, 3.8) is 0 Å². The molecular formula is F2NaZr. The predicted molar refractivity (Wildman–Crippen MR) is 1.11 cm³/mol. The first-order chi connectivity index (χ1) is 1.00. The third kappa shape index (κ3) is 9.27. The molecule has 4 heteroatoms. The largest absolute Gasteiger partial charge is 1.00 e. The molecule has 0 aromatic rings. The molecule has 0 spiro atoms. The summed E-state index contributed by atoms with van der Waals surface area (Å²) in [5.74, 6) is 0. The summed E-state index contributed by atoms with van der Waals surface area (Å²) in [5, 5.41) is 0. The standard InChI is InChI=1S/2FH.Na.Zr/h2*1H;;/q;;2*+1/p-2. The van der Waals surface area contributed by atoms with Gasteiger partial charge in [0, 0.05) is 0 Å². The van der Waals surface area contributed by atoms with Crippen molar-refractivity contribution in [2.45, 2.75) is 0 Å². The van der Waals surface area contributed by atoms with Crippen LogP contribution in [0.2, 0.25) is 0 Å². The van der Waals surface area contributed by atoms with Gasteiger partial charge in [-0.25, -0.2) is 0 Å². The topological polar surface area (TPSA) is 0 Å². The van der Waals surface area contributed by atoms with Crippen LogP contribution < -0.4 is 34.3 Å². The fourth-order valence-electron chi connectivity index (χ4n) is 0. The van der Waals surface area contributed by atoms with Gasteiger partial charge in [-0.3, -0.25) is 0 Å². The van der Waals surface area contributed by atoms with E-state index in [9.17, 15) is 2.63 Å². The Bertz CT molecular complexity index is 6.00. The van der Waals surface area contributed by atoms with Crippen molar-refractivity contribution >= 4 is 0 Å². The molecule has 0 amide bonds. The molecule has 0 aromatic heterocycles. The van der Waals surface area contributed by atoms with Gasteiger partial charge in [-0.15, -0.1) is 0 Å². The second kappa shape index (κ2) is 21.9. The van der Waals surface area contributed by atoms with Gasteiger partial charge in [-0.1, -0.05) is 0 Å². The maximum Gasteiger partial charge on any atom is 1.00 e. The fourth-order valence-corrected chi connectivity index (χ4v) is 0. The Morgan fingerprint density at radius 2 is 1.25 bits per heavy atom. The third-order valence-electron chi connectivity index (χ3n) is 0. The molecule has 0 atom stereocenters. The first-order valence-corrected chi connectivity index (χ1v) is 1.12. The maximum absolute atomic E-state index is 9.59. The minimum atomic E-state index is 0. The smallest absolute Gasteiger partial charge is 1.00 e. The maximum atomic E-state index is 9.59. The van der Waals surface area contributed by atoms with Gasteiger partial charge in [0.25, 0.3) is 0 Å². The van der Waals surface area contributed by atoms with Crippen LogP contribution in [0.3, 0.4) is 0 Å². The van der Waals surface area contributed by atoms with Crippen LogP contribution in [0, 0.1) is 0 Å². The van der Waals surface area contributed by atoms with Crippen molar-refractivity contribution in [2.75, 3.05) is 0 Å². The average Bonchev–Trinajstić information content (AvgIpc) is 1.00. The van der Waals surface area contributed by atoms with Crippen LogP contribution in [0.25, 0.3) is 0 Å². The normalized spacial score (nSPS) is 1.00. The molecule has 0 radical (unpaired) electrons. The van der Waals surface area contributed by atoms with Gasteiger partial charge in [0.2, 0.25) is 0 Å². The van der Waals surface area contributed by atoms with Gasteiger partial charge in [-0.2, -0.15) is 0 Å². The first kappa shape index (κ1) is 17.2. The Labute approximate surface area is 61.5 Å². The van der Waals surface area contributed by atoms with Crippen molar-refractivity contribution in [3.8, 4) is 0 Å². The van der Waals surface area contributed by atoms with Crippen molar-refractivity contribution in [1.82, 2.24) is 0 Å². The molecule has 0 saturated heterocycles. The van der Waals surface area contributed by atoms with Crippen molar-refractivity contribution in [2.24, 2.45) is 0 Å². The molecule has 0 fully saturated rings. The van der Waals surface area contributed by atoms with E-state index in [0.29, 0.717) is 0 Å². The fraction of sp³-hybridized carbons (Fsp3) is 0. The zero-order valence-electron chi connectivity index (χ0n) is 2.26. The van der Waals surface area contributed by atoms with Crippen LogP contribution in [0.5, 0.6) is 0 Å². The van der Waals surface area contributed by atoms with E-state index in [0.717, 1.165) is 0 Å². The molecule has 0 unspecified atom stereocenters. The number of hydrogen-bond donors (Lipinski definition) is 0. The van der Waals surface area contributed by atoms with E-state index in [1.807, 2.05) is 0 Å². The second-order valence-electron chi connectivity index (χ2n) is 0. The molecule has 0 rings (SSSR count). The molecule has 0 heterocycles. The quantitative estimate of drug-likeness (QED) is 0.304. The summed E-state index contributed by atoms with van der Waals surface area (Å²) in [5.41, 5.74) is 0. The van der Waals surface area contributed by atoms with E-state index in [1.165, 1.54) is 0 Å². The Morgan fingerprint density at radius 3 is 1.25 bits per heavy atom. The molecule has 0 aliphatic carbocycles. The second-order valence-corrected chi connectivity index (χ2v) is 0. The van der Waals surface area contributed by atoms with E-state index in [-0.39, 0.29) is 59.6 Å². The number of halogens is 2. The van der Waals surface area contributed by atoms with Gasteiger partial charge in [0.15, 0.2) is 0 Å². The van der Waals surface area contributed by atoms with Gasteiger partial charge in [0.05, 0.1) is 0 Å². The van der Waals surface area contributed by atoms with Crippen LogP contribution >= 0.6 is 0 Å². The molecule has 0 aromatic carbocycles. The SMILES string of the molecule is [F-].[F][Zr].[Na+]. The summed E-state index contributed by atoms with van der Waals surface area (Å²) in [6, 6.07) is 0. The van der Waals surface area contributed by atoms with E-state index >= 15 is 0 Å². The minimum absolute atomic E-state index is 0. The molecule has 0 aliphatic heterocycles. The van der Waals surface area contributed by atoms with Crippen LogP contribution in [0.15, 0.2) is 0 Å². The van der Waals surface area contributed by atoms with Crippen LogP contribution in [0.1, 0.15) is 0 Å². The molecule has 0 bridgehead atoms. The van der Waals surface area contributed by atoms with Crippen molar-refractivity contribution < 1.29 is 62.2 Å². The van der Waals surface area contributed by atoms with Crippen LogP contribution in [0.4, 0.5) is 2.63 Å². The van der Waals surface area contributed by atoms with E-state index < -0.39 is 0 Å². The van der Waals surface area contributed by atoms with Gasteiger partial charge >= 0.3 is 57.5 Å². The Kier molecular flexibility index (Phi) is 93.9. The summed E-state index contributed by atoms with van der Waals surface area (Å²) >= 11 is 0.0500. The summed E-state index contributed by atoms with van der Waals surface area (Å²) in [4.78, 5) is 0. The monoisotopic (exact) mass is 151 g/mol. The summed E-state index contributed by atoms with van der Waals surface area (Å²) in [7, 11) is 0. The van der Waals surface area contributed by atoms with E-state index in [1.54, 1.807) is 0 Å². The molecule has 0 saturated carbocycles. The van der Waals surface area contributed by atoms with Crippen molar-refractivity contribution in [1.29, 1.82) is 0 Å². The van der Waals surface area contributed by atoms with E-state index in [4.69, 9.17) is 0 Å². The molecule has 0 N–H and O–H groups in total. The Balaban J connectivity index is -0.00000000500. The molecular weight excluding hydrogens is 152 g/mol. The summed E-state index contributed by atoms with van der Waals surface area (Å²) in [6.45, 7) is 0. The molecule has 0 aliphatic rings. The van der Waals surface area contributed by atoms with E-state index in [2.05, 4.69) is 0 Å². The average molecular weight is 152 g/mol.